The lowest BCUT2D eigenvalue weighted by Crippen LogP contribution is -2.65. The van der Waals surface area contributed by atoms with Crippen LogP contribution >= 0.6 is 0 Å². The Morgan fingerprint density at radius 1 is 0.778 bits per heavy atom. The molecule has 0 amide bonds. The van der Waals surface area contributed by atoms with E-state index in [-0.39, 0.29) is 25.3 Å². The van der Waals surface area contributed by atoms with Crippen molar-refractivity contribution in [3.05, 3.63) is 0 Å². The standard InChI is InChI=1S/C23H45NO3/c1-15(2)19-9-7-17(5)11-21(19)23(27,24(13-25)14-26)22-12-18(6)8-10-20(22)16(3)4/h15-22,25-27H,7-14H2,1-6H3. The zero-order chi connectivity index (χ0) is 20.4. The Bertz CT molecular complexity index is 417. The molecule has 0 aromatic heterocycles. The summed E-state index contributed by atoms with van der Waals surface area (Å²) in [7, 11) is 0. The predicted octanol–water partition coefficient (Wildman–Crippen LogP) is 4.29. The zero-order valence-electron chi connectivity index (χ0n) is 18.6. The van der Waals surface area contributed by atoms with Gasteiger partial charge >= 0.3 is 0 Å². The molecule has 2 rings (SSSR count). The van der Waals surface area contributed by atoms with Crippen LogP contribution in [-0.4, -0.2) is 39.4 Å². The molecule has 2 aliphatic rings. The highest BCUT2D eigenvalue weighted by atomic mass is 16.4. The Kier molecular flexibility index (Phi) is 8.19. The summed E-state index contributed by atoms with van der Waals surface area (Å²) in [5, 5.41) is 32.6. The van der Waals surface area contributed by atoms with Crippen molar-refractivity contribution in [1.82, 2.24) is 4.90 Å². The van der Waals surface area contributed by atoms with Crippen molar-refractivity contribution in [2.75, 3.05) is 13.5 Å². The number of aliphatic hydroxyl groups is 3. The Hall–Kier alpha value is -0.160. The maximum atomic E-state index is 12.4. The average molecular weight is 384 g/mol. The predicted molar refractivity (Wildman–Crippen MR) is 111 cm³/mol. The Morgan fingerprint density at radius 3 is 1.44 bits per heavy atom. The van der Waals surface area contributed by atoms with Crippen LogP contribution in [0, 0.1) is 47.3 Å². The van der Waals surface area contributed by atoms with Gasteiger partial charge in [0.1, 0.15) is 5.72 Å². The molecule has 6 atom stereocenters. The molecule has 27 heavy (non-hydrogen) atoms. The van der Waals surface area contributed by atoms with E-state index in [4.69, 9.17) is 0 Å². The molecule has 0 aliphatic heterocycles. The van der Waals surface area contributed by atoms with Gasteiger partial charge in [-0.2, -0.15) is 0 Å². The fraction of sp³-hybridized carbons (Fsp3) is 1.00. The molecule has 0 radical (unpaired) electrons. The molecule has 0 bridgehead atoms. The summed E-state index contributed by atoms with van der Waals surface area (Å²) in [6.07, 6.45) is 6.64. The number of rotatable bonds is 7. The smallest absolute Gasteiger partial charge is 0.128 e. The molecule has 4 nitrogen and oxygen atoms in total. The van der Waals surface area contributed by atoms with Crippen molar-refractivity contribution in [1.29, 1.82) is 0 Å². The highest BCUT2D eigenvalue weighted by Gasteiger charge is 2.55. The molecular weight excluding hydrogens is 338 g/mol. The minimum Gasteiger partial charge on any atom is -0.381 e. The van der Waals surface area contributed by atoms with Crippen LogP contribution in [0.1, 0.15) is 80.1 Å². The van der Waals surface area contributed by atoms with Gasteiger partial charge in [0.25, 0.3) is 0 Å². The fourth-order valence-corrected chi connectivity index (χ4v) is 6.40. The van der Waals surface area contributed by atoms with Crippen LogP contribution in [0.4, 0.5) is 0 Å². The summed E-state index contributed by atoms with van der Waals surface area (Å²) in [4.78, 5) is 1.57. The van der Waals surface area contributed by atoms with Gasteiger partial charge in [-0.25, -0.2) is 4.90 Å². The van der Waals surface area contributed by atoms with Gasteiger partial charge < -0.3 is 15.3 Å². The number of aliphatic hydroxyl groups excluding tert-OH is 2. The molecule has 2 aliphatic carbocycles. The first kappa shape index (κ1) is 23.1. The number of nitrogens with zero attached hydrogens (tertiary/aromatic N) is 1. The van der Waals surface area contributed by atoms with Gasteiger partial charge in [-0.3, -0.25) is 0 Å². The number of hydrogen-bond acceptors (Lipinski definition) is 4. The van der Waals surface area contributed by atoms with Crippen LogP contribution in [0.2, 0.25) is 0 Å². The summed E-state index contributed by atoms with van der Waals surface area (Å²) in [5.74, 6) is 3.19. The molecule has 2 fully saturated rings. The van der Waals surface area contributed by atoms with Crippen LogP contribution in [0.3, 0.4) is 0 Å². The van der Waals surface area contributed by atoms with Gasteiger partial charge in [0.05, 0.1) is 13.5 Å². The average Bonchev–Trinajstić information content (AvgIpc) is 2.61. The quantitative estimate of drug-likeness (QED) is 0.574. The van der Waals surface area contributed by atoms with Crippen molar-refractivity contribution < 1.29 is 15.3 Å². The minimum atomic E-state index is -1.14. The largest absolute Gasteiger partial charge is 0.381 e. The molecule has 6 unspecified atom stereocenters. The summed E-state index contributed by atoms with van der Waals surface area (Å²) in [6.45, 7) is 13.0. The third-order valence-corrected chi connectivity index (χ3v) is 7.98. The van der Waals surface area contributed by atoms with Crippen molar-refractivity contribution >= 4 is 0 Å². The molecular formula is C23H45NO3. The molecule has 0 aromatic rings. The van der Waals surface area contributed by atoms with Gasteiger partial charge in [0, 0.05) is 11.8 Å². The van der Waals surface area contributed by atoms with Gasteiger partial charge in [0.15, 0.2) is 0 Å². The van der Waals surface area contributed by atoms with Gasteiger partial charge in [-0.1, -0.05) is 54.4 Å². The third kappa shape index (κ3) is 4.71. The van der Waals surface area contributed by atoms with Crippen molar-refractivity contribution in [2.45, 2.75) is 85.8 Å². The molecule has 0 aromatic carbocycles. The Morgan fingerprint density at radius 2 is 1.15 bits per heavy atom. The summed E-state index contributed by atoms with van der Waals surface area (Å²) < 4.78 is 0. The van der Waals surface area contributed by atoms with Crippen LogP contribution in [0.25, 0.3) is 0 Å². The first-order chi connectivity index (χ1) is 12.7. The maximum absolute atomic E-state index is 12.4. The van der Waals surface area contributed by atoms with Gasteiger partial charge in [-0.05, 0) is 61.2 Å². The number of hydrogen-bond donors (Lipinski definition) is 3. The van der Waals surface area contributed by atoms with Gasteiger partial charge in [0.2, 0.25) is 0 Å². The molecule has 3 N–H and O–H groups in total. The van der Waals surface area contributed by atoms with Crippen molar-refractivity contribution in [3.8, 4) is 0 Å². The summed E-state index contributed by atoms with van der Waals surface area (Å²) in [6, 6.07) is 0. The second kappa shape index (κ2) is 9.56. The van der Waals surface area contributed by atoms with Crippen molar-refractivity contribution in [2.24, 2.45) is 47.3 Å². The second-order valence-electron chi connectivity index (χ2n) is 10.5. The lowest BCUT2D eigenvalue weighted by Gasteiger charge is -2.57. The zero-order valence-corrected chi connectivity index (χ0v) is 18.6. The Balaban J connectivity index is 2.52. The lowest BCUT2D eigenvalue weighted by molar-refractivity contribution is -0.265. The fourth-order valence-electron chi connectivity index (χ4n) is 6.40. The summed E-state index contributed by atoms with van der Waals surface area (Å²) >= 11 is 0. The normalized spacial score (nSPS) is 37.8. The molecule has 0 spiro atoms. The maximum Gasteiger partial charge on any atom is 0.128 e. The molecule has 0 heterocycles. The minimum absolute atomic E-state index is 0.0945. The van der Waals surface area contributed by atoms with E-state index in [0.717, 1.165) is 25.7 Å². The first-order valence-corrected chi connectivity index (χ1v) is 11.4. The van der Waals surface area contributed by atoms with E-state index in [1.165, 1.54) is 12.8 Å². The van der Waals surface area contributed by atoms with Crippen LogP contribution in [0.15, 0.2) is 0 Å². The molecule has 160 valence electrons. The molecule has 4 heteroatoms. The van der Waals surface area contributed by atoms with E-state index in [9.17, 15) is 15.3 Å². The van der Waals surface area contributed by atoms with E-state index < -0.39 is 5.72 Å². The van der Waals surface area contributed by atoms with Crippen LogP contribution in [-0.2, 0) is 0 Å². The first-order valence-electron chi connectivity index (χ1n) is 11.4. The second-order valence-corrected chi connectivity index (χ2v) is 10.5. The third-order valence-electron chi connectivity index (χ3n) is 7.98. The lowest BCUT2D eigenvalue weighted by atomic mass is 9.57. The molecule has 0 saturated heterocycles. The highest BCUT2D eigenvalue weighted by molar-refractivity contribution is 5.01. The van der Waals surface area contributed by atoms with E-state index in [1.807, 2.05) is 0 Å². The topological polar surface area (TPSA) is 63.9 Å². The van der Waals surface area contributed by atoms with E-state index >= 15 is 0 Å². The van der Waals surface area contributed by atoms with E-state index in [0.29, 0.717) is 35.5 Å². The monoisotopic (exact) mass is 383 g/mol. The molecule has 2 saturated carbocycles. The van der Waals surface area contributed by atoms with Gasteiger partial charge in [-0.15, -0.1) is 0 Å². The van der Waals surface area contributed by atoms with E-state index in [1.54, 1.807) is 4.90 Å². The van der Waals surface area contributed by atoms with Crippen molar-refractivity contribution in [3.63, 3.8) is 0 Å². The van der Waals surface area contributed by atoms with E-state index in [2.05, 4.69) is 41.5 Å². The van der Waals surface area contributed by atoms with Crippen LogP contribution in [0.5, 0.6) is 0 Å². The SMILES string of the molecule is CC1CCC(C(C)C)C(C(O)(C2CC(C)CCC2C(C)C)N(CO)CO)C1. The highest BCUT2D eigenvalue weighted by Crippen LogP contribution is 2.53. The van der Waals surface area contributed by atoms with Crippen LogP contribution < -0.4 is 0 Å². The summed E-state index contributed by atoms with van der Waals surface area (Å²) in [5.41, 5.74) is -1.14. The Labute approximate surface area is 167 Å².